The van der Waals surface area contributed by atoms with Crippen molar-refractivity contribution < 1.29 is 4.79 Å². The number of carbonyl (C=O) groups is 1. The van der Waals surface area contributed by atoms with Gasteiger partial charge in [0.05, 0.1) is 12.2 Å². The van der Waals surface area contributed by atoms with E-state index in [1.165, 1.54) is 17.7 Å². The van der Waals surface area contributed by atoms with E-state index in [-0.39, 0.29) is 5.91 Å². The highest BCUT2D eigenvalue weighted by molar-refractivity contribution is 8.00. The maximum absolute atomic E-state index is 12.9. The Morgan fingerprint density at radius 3 is 2.96 bits per heavy atom. The van der Waals surface area contributed by atoms with Crippen molar-refractivity contribution in [1.29, 1.82) is 0 Å². The third-order valence-corrected chi connectivity index (χ3v) is 6.05. The number of amides is 1. The highest BCUT2D eigenvalue weighted by atomic mass is 32.2. The molecule has 0 aliphatic carbocycles. The van der Waals surface area contributed by atoms with Crippen molar-refractivity contribution in [2.45, 2.75) is 42.4 Å². The first-order valence-electron chi connectivity index (χ1n) is 8.63. The lowest BCUT2D eigenvalue weighted by Gasteiger charge is -2.33. The minimum absolute atomic E-state index is 0.240. The number of hydrogen-bond donors (Lipinski definition) is 1. The molecule has 1 saturated heterocycles. The second kappa shape index (κ2) is 7.69. The summed E-state index contributed by atoms with van der Waals surface area (Å²) in [4.78, 5) is 18.5. The smallest absolute Gasteiger partial charge is 0.241 e. The fourth-order valence-corrected chi connectivity index (χ4v) is 4.57. The summed E-state index contributed by atoms with van der Waals surface area (Å²) in [6.45, 7) is 5.61. The van der Waals surface area contributed by atoms with E-state index in [4.69, 9.17) is 0 Å². The average molecular weight is 334 g/mol. The van der Waals surface area contributed by atoms with E-state index in [0.29, 0.717) is 17.8 Å². The second-order valence-corrected chi connectivity index (χ2v) is 8.07. The summed E-state index contributed by atoms with van der Waals surface area (Å²) < 4.78 is 0. The minimum atomic E-state index is 0.240. The number of likely N-dealkylation sites (N-methyl/N-ethyl adjacent to an activating group) is 1. The van der Waals surface area contributed by atoms with Gasteiger partial charge in [-0.05, 0) is 45.0 Å². The van der Waals surface area contributed by atoms with E-state index in [9.17, 15) is 4.79 Å². The summed E-state index contributed by atoms with van der Waals surface area (Å²) in [6.07, 6.45) is 3.42. The number of nitrogens with one attached hydrogen (secondary N) is 1. The maximum Gasteiger partial charge on any atom is 0.241 e. The Morgan fingerprint density at radius 1 is 1.30 bits per heavy atom. The van der Waals surface area contributed by atoms with Gasteiger partial charge in [0.15, 0.2) is 0 Å². The molecule has 2 unspecified atom stereocenters. The average Bonchev–Trinajstić information content (AvgIpc) is 2.73. The van der Waals surface area contributed by atoms with E-state index in [0.717, 1.165) is 31.7 Å². The van der Waals surface area contributed by atoms with Gasteiger partial charge in [0.1, 0.15) is 0 Å². The fraction of sp³-hybridized carbons (Fsp3) is 0.611. The number of rotatable bonds is 3. The topological polar surface area (TPSA) is 35.6 Å². The Kier molecular flexibility index (Phi) is 5.62. The van der Waals surface area contributed by atoms with Crippen molar-refractivity contribution in [3.8, 4) is 0 Å². The Hall–Kier alpha value is -1.04. The number of nitrogens with zero attached hydrogens (tertiary/aromatic N) is 2. The molecular weight excluding hydrogens is 306 g/mol. The van der Waals surface area contributed by atoms with Crippen LogP contribution in [0, 0.1) is 0 Å². The first-order valence-corrected chi connectivity index (χ1v) is 9.51. The zero-order valence-electron chi connectivity index (χ0n) is 14.1. The molecular formula is C18H27N3OS. The van der Waals surface area contributed by atoms with Crippen LogP contribution in [-0.4, -0.2) is 55.3 Å². The number of likely N-dealkylation sites (tertiary alicyclic amines) is 1. The molecule has 0 spiro atoms. The summed E-state index contributed by atoms with van der Waals surface area (Å²) in [7, 11) is 2.01. The molecule has 4 nitrogen and oxygen atoms in total. The summed E-state index contributed by atoms with van der Waals surface area (Å²) in [6, 6.07) is 8.84. The van der Waals surface area contributed by atoms with Gasteiger partial charge in [-0.15, -0.1) is 11.8 Å². The SMILES string of the molecule is CNC1CCCN(CC(=O)N2CCC(C)Sc3ccccc32)C1. The van der Waals surface area contributed by atoms with Crippen LogP contribution in [0.3, 0.4) is 0 Å². The molecule has 1 aromatic rings. The third-order valence-electron chi connectivity index (χ3n) is 4.82. The van der Waals surface area contributed by atoms with Gasteiger partial charge in [0.25, 0.3) is 0 Å². The Morgan fingerprint density at radius 2 is 2.13 bits per heavy atom. The van der Waals surface area contributed by atoms with Crippen LogP contribution in [0.2, 0.25) is 0 Å². The number of para-hydroxylation sites is 1. The van der Waals surface area contributed by atoms with Crippen LogP contribution in [0.1, 0.15) is 26.2 Å². The van der Waals surface area contributed by atoms with Gasteiger partial charge in [-0.2, -0.15) is 0 Å². The summed E-state index contributed by atoms with van der Waals surface area (Å²) in [5, 5.41) is 3.90. The summed E-state index contributed by atoms with van der Waals surface area (Å²) >= 11 is 1.89. The van der Waals surface area contributed by atoms with E-state index >= 15 is 0 Å². The van der Waals surface area contributed by atoms with E-state index in [1.54, 1.807) is 0 Å². The van der Waals surface area contributed by atoms with E-state index < -0.39 is 0 Å². The van der Waals surface area contributed by atoms with E-state index in [1.807, 2.05) is 29.8 Å². The zero-order chi connectivity index (χ0) is 16.2. The monoisotopic (exact) mass is 333 g/mol. The second-order valence-electron chi connectivity index (χ2n) is 6.59. The lowest BCUT2D eigenvalue weighted by atomic mass is 10.1. The molecule has 0 aromatic heterocycles. The van der Waals surface area contributed by atoms with Gasteiger partial charge < -0.3 is 10.2 Å². The zero-order valence-corrected chi connectivity index (χ0v) is 14.9. The first-order chi connectivity index (χ1) is 11.2. The molecule has 0 bridgehead atoms. The number of piperidine rings is 1. The van der Waals surface area contributed by atoms with Gasteiger partial charge in [-0.25, -0.2) is 0 Å². The van der Waals surface area contributed by atoms with Crippen molar-refractivity contribution in [3.05, 3.63) is 24.3 Å². The van der Waals surface area contributed by atoms with Gasteiger partial charge >= 0.3 is 0 Å². The Balaban J connectivity index is 1.71. The normalized spacial score (nSPS) is 25.7. The molecule has 5 heteroatoms. The predicted octanol–water partition coefficient (Wildman–Crippen LogP) is 2.59. The van der Waals surface area contributed by atoms with Crippen LogP contribution in [0.15, 0.2) is 29.2 Å². The first kappa shape index (κ1) is 16.8. The molecule has 2 aliphatic heterocycles. The molecule has 3 rings (SSSR count). The van der Waals surface area contributed by atoms with Crippen molar-refractivity contribution in [2.75, 3.05) is 38.1 Å². The number of carbonyl (C=O) groups excluding carboxylic acids is 1. The van der Waals surface area contributed by atoms with Crippen LogP contribution >= 0.6 is 11.8 Å². The Bertz CT molecular complexity index is 551. The molecule has 2 aliphatic rings. The minimum Gasteiger partial charge on any atom is -0.316 e. The lowest BCUT2D eigenvalue weighted by Crippen LogP contribution is -2.49. The molecule has 23 heavy (non-hydrogen) atoms. The largest absolute Gasteiger partial charge is 0.316 e. The Labute approximate surface area is 143 Å². The molecule has 0 radical (unpaired) electrons. The molecule has 1 N–H and O–H groups in total. The molecule has 2 heterocycles. The number of thioether (sulfide) groups is 1. The molecule has 126 valence electrons. The van der Waals surface area contributed by atoms with Crippen molar-refractivity contribution in [2.24, 2.45) is 0 Å². The van der Waals surface area contributed by atoms with Crippen molar-refractivity contribution >= 4 is 23.4 Å². The van der Waals surface area contributed by atoms with Crippen molar-refractivity contribution in [3.63, 3.8) is 0 Å². The number of anilines is 1. The van der Waals surface area contributed by atoms with Gasteiger partial charge in [0.2, 0.25) is 5.91 Å². The van der Waals surface area contributed by atoms with Crippen LogP contribution in [0.4, 0.5) is 5.69 Å². The fourth-order valence-electron chi connectivity index (χ4n) is 3.46. The van der Waals surface area contributed by atoms with Crippen LogP contribution in [0.5, 0.6) is 0 Å². The van der Waals surface area contributed by atoms with Gasteiger partial charge in [-0.3, -0.25) is 9.69 Å². The molecule has 2 atom stereocenters. The standard InChI is InChI=1S/C18H27N3OS/c1-14-9-11-21(16-7-3-4-8-17(16)23-14)18(22)13-20-10-5-6-15(12-20)19-2/h3-4,7-8,14-15,19H,5-6,9-13H2,1-2H3. The molecule has 1 amide bonds. The van der Waals surface area contributed by atoms with Crippen LogP contribution in [-0.2, 0) is 4.79 Å². The number of hydrogen-bond acceptors (Lipinski definition) is 4. The molecule has 1 fully saturated rings. The van der Waals surface area contributed by atoms with Crippen LogP contribution < -0.4 is 10.2 Å². The number of benzene rings is 1. The highest BCUT2D eigenvalue weighted by Gasteiger charge is 2.27. The predicted molar refractivity (Wildman–Crippen MR) is 97.3 cm³/mol. The maximum atomic E-state index is 12.9. The van der Waals surface area contributed by atoms with Gasteiger partial charge in [0, 0.05) is 29.3 Å². The van der Waals surface area contributed by atoms with E-state index in [2.05, 4.69) is 35.3 Å². The number of fused-ring (bicyclic) bond motifs is 1. The highest BCUT2D eigenvalue weighted by Crippen LogP contribution is 2.37. The summed E-state index contributed by atoms with van der Waals surface area (Å²) in [5.74, 6) is 0.240. The molecule has 1 aromatic carbocycles. The van der Waals surface area contributed by atoms with Crippen molar-refractivity contribution in [1.82, 2.24) is 10.2 Å². The third kappa shape index (κ3) is 4.08. The quantitative estimate of drug-likeness (QED) is 0.922. The lowest BCUT2D eigenvalue weighted by molar-refractivity contribution is -0.120. The molecule has 0 saturated carbocycles. The van der Waals surface area contributed by atoms with Crippen LogP contribution in [0.25, 0.3) is 0 Å². The van der Waals surface area contributed by atoms with Gasteiger partial charge in [-0.1, -0.05) is 19.1 Å². The summed E-state index contributed by atoms with van der Waals surface area (Å²) in [5.41, 5.74) is 1.09.